The molecule has 0 spiro atoms. The third kappa shape index (κ3) is 5.12. The lowest BCUT2D eigenvalue weighted by molar-refractivity contribution is -0.133. The highest BCUT2D eigenvalue weighted by Gasteiger charge is 2.20. The van der Waals surface area contributed by atoms with Gasteiger partial charge >= 0.3 is 0 Å². The summed E-state index contributed by atoms with van der Waals surface area (Å²) in [6, 6.07) is 8.39. The highest BCUT2D eigenvalue weighted by Crippen LogP contribution is 2.30. The van der Waals surface area contributed by atoms with Crippen molar-refractivity contribution in [2.75, 3.05) is 45.7 Å². The second-order valence-electron chi connectivity index (χ2n) is 8.20. The summed E-state index contributed by atoms with van der Waals surface area (Å²) in [6.07, 6.45) is 1.01. The fourth-order valence-corrected chi connectivity index (χ4v) is 3.74. The first-order valence-electron chi connectivity index (χ1n) is 10.8. The van der Waals surface area contributed by atoms with Crippen LogP contribution in [0.25, 0.3) is 10.9 Å². The van der Waals surface area contributed by atoms with Crippen LogP contribution in [-0.2, 0) is 11.3 Å². The van der Waals surface area contributed by atoms with Crippen LogP contribution < -0.4 is 10.1 Å². The number of rotatable bonds is 6. The summed E-state index contributed by atoms with van der Waals surface area (Å²) in [7, 11) is 3.56. The second-order valence-corrected chi connectivity index (χ2v) is 8.20. The van der Waals surface area contributed by atoms with Crippen LogP contribution in [-0.4, -0.2) is 81.8 Å². The summed E-state index contributed by atoms with van der Waals surface area (Å²) in [5.74, 6) is 0.0476. The van der Waals surface area contributed by atoms with Crippen molar-refractivity contribution in [1.82, 2.24) is 24.6 Å². The van der Waals surface area contributed by atoms with Crippen molar-refractivity contribution in [3.8, 4) is 5.75 Å². The normalized spacial score (nSPS) is 15.5. The van der Waals surface area contributed by atoms with E-state index < -0.39 is 12.0 Å². The lowest BCUT2D eigenvalue weighted by Crippen LogP contribution is -2.48. The summed E-state index contributed by atoms with van der Waals surface area (Å²) >= 11 is 0. The number of nitrogens with zero attached hydrogens (tertiary/aromatic N) is 5. The Hall–Kier alpha value is -3.50. The number of piperazine rings is 1. The van der Waals surface area contributed by atoms with E-state index in [1.807, 2.05) is 11.9 Å². The van der Waals surface area contributed by atoms with Gasteiger partial charge in [0.25, 0.3) is 5.91 Å². The van der Waals surface area contributed by atoms with E-state index >= 15 is 0 Å². The highest BCUT2D eigenvalue weighted by atomic mass is 16.5. The molecule has 1 aliphatic rings. The van der Waals surface area contributed by atoms with E-state index in [0.29, 0.717) is 35.7 Å². The maximum atomic E-state index is 12.8. The summed E-state index contributed by atoms with van der Waals surface area (Å²) < 4.78 is 7.06. The Labute approximate surface area is 191 Å². The number of fused-ring (bicyclic) bond motifs is 1. The standard InChI is InChI=1S/C23H28N6O4/c1-15(30)17-5-4-6-18(24-17)23(32)25-20-11-16-13-29(26-19(16)12-21(20)33-3)14-22(31)28-9-7-27(2)8-10-28/h4-6,11-13,15,30H,7-10,14H2,1-3H3,(H,25,32). The number of anilines is 1. The average Bonchev–Trinajstić information content (AvgIpc) is 3.19. The molecule has 1 aromatic carbocycles. The minimum Gasteiger partial charge on any atom is -0.494 e. The van der Waals surface area contributed by atoms with Crippen molar-refractivity contribution < 1.29 is 19.4 Å². The number of aliphatic hydroxyl groups is 1. The lowest BCUT2D eigenvalue weighted by Gasteiger charge is -2.32. The first-order valence-corrected chi connectivity index (χ1v) is 10.8. The van der Waals surface area contributed by atoms with Crippen LogP contribution in [0.2, 0.25) is 0 Å². The molecule has 0 aliphatic carbocycles. The number of hydrogen-bond donors (Lipinski definition) is 2. The molecule has 0 bridgehead atoms. The van der Waals surface area contributed by atoms with E-state index in [-0.39, 0.29) is 18.1 Å². The Morgan fingerprint density at radius 1 is 1.21 bits per heavy atom. The molecule has 1 saturated heterocycles. The van der Waals surface area contributed by atoms with Gasteiger partial charge in [-0.25, -0.2) is 4.98 Å². The Morgan fingerprint density at radius 2 is 1.97 bits per heavy atom. The number of nitrogens with one attached hydrogen (secondary N) is 1. The Kier molecular flexibility index (Phi) is 6.57. The maximum Gasteiger partial charge on any atom is 0.274 e. The van der Waals surface area contributed by atoms with Gasteiger partial charge < -0.3 is 25.0 Å². The van der Waals surface area contributed by atoms with E-state index in [1.54, 1.807) is 48.1 Å². The topological polar surface area (TPSA) is 113 Å². The summed E-state index contributed by atoms with van der Waals surface area (Å²) in [5, 5.41) is 17.8. The van der Waals surface area contributed by atoms with Gasteiger partial charge in [-0.2, -0.15) is 5.10 Å². The number of carbonyl (C=O) groups excluding carboxylic acids is 2. The lowest BCUT2D eigenvalue weighted by atomic mass is 10.2. The summed E-state index contributed by atoms with van der Waals surface area (Å²) in [4.78, 5) is 33.7. The molecule has 2 N–H and O–H groups in total. The van der Waals surface area contributed by atoms with Crippen LogP contribution in [0.1, 0.15) is 29.2 Å². The number of methoxy groups -OCH3 is 1. The van der Waals surface area contributed by atoms with Crippen LogP contribution in [0.5, 0.6) is 5.75 Å². The van der Waals surface area contributed by atoms with Gasteiger partial charge in [-0.3, -0.25) is 14.3 Å². The molecular formula is C23H28N6O4. The molecule has 174 valence electrons. The van der Waals surface area contributed by atoms with E-state index in [4.69, 9.17) is 4.74 Å². The predicted octanol–water partition coefficient (Wildman–Crippen LogP) is 1.52. The van der Waals surface area contributed by atoms with Crippen LogP contribution in [0, 0.1) is 0 Å². The second kappa shape index (κ2) is 9.55. The van der Waals surface area contributed by atoms with Crippen molar-refractivity contribution in [3.63, 3.8) is 0 Å². The molecule has 33 heavy (non-hydrogen) atoms. The van der Waals surface area contributed by atoms with Gasteiger partial charge in [0.2, 0.25) is 5.91 Å². The van der Waals surface area contributed by atoms with Crippen molar-refractivity contribution in [2.24, 2.45) is 0 Å². The first-order chi connectivity index (χ1) is 15.8. The minimum atomic E-state index is -0.775. The zero-order chi connectivity index (χ0) is 23.5. The van der Waals surface area contributed by atoms with Gasteiger partial charge in [0, 0.05) is 43.8 Å². The number of aromatic nitrogens is 3. The van der Waals surface area contributed by atoms with Crippen molar-refractivity contribution in [1.29, 1.82) is 0 Å². The van der Waals surface area contributed by atoms with Crippen LogP contribution in [0.3, 0.4) is 0 Å². The zero-order valence-corrected chi connectivity index (χ0v) is 19.0. The van der Waals surface area contributed by atoms with Gasteiger partial charge in [-0.1, -0.05) is 6.07 Å². The molecule has 4 rings (SSSR count). The fraction of sp³-hybridized carbons (Fsp3) is 0.391. The zero-order valence-electron chi connectivity index (χ0n) is 19.0. The predicted molar refractivity (Wildman–Crippen MR) is 123 cm³/mol. The molecule has 2 aromatic heterocycles. The molecule has 3 aromatic rings. The number of benzene rings is 1. The Bertz CT molecular complexity index is 1170. The van der Waals surface area contributed by atoms with Crippen molar-refractivity contribution >= 4 is 28.4 Å². The van der Waals surface area contributed by atoms with Gasteiger partial charge in [0.1, 0.15) is 18.0 Å². The molecular weight excluding hydrogens is 424 g/mol. The minimum absolute atomic E-state index is 0.0282. The number of likely N-dealkylation sites (N-methyl/N-ethyl adjacent to an activating group) is 1. The van der Waals surface area contributed by atoms with E-state index in [2.05, 4.69) is 20.3 Å². The molecule has 3 heterocycles. The van der Waals surface area contributed by atoms with E-state index in [9.17, 15) is 14.7 Å². The van der Waals surface area contributed by atoms with E-state index in [0.717, 1.165) is 18.5 Å². The van der Waals surface area contributed by atoms with Gasteiger partial charge in [0.05, 0.1) is 30.1 Å². The third-order valence-corrected chi connectivity index (χ3v) is 5.71. The van der Waals surface area contributed by atoms with Gasteiger partial charge in [-0.05, 0) is 32.2 Å². The number of hydrogen-bond acceptors (Lipinski definition) is 7. The highest BCUT2D eigenvalue weighted by molar-refractivity contribution is 6.05. The Balaban J connectivity index is 1.53. The molecule has 1 aliphatic heterocycles. The maximum absolute atomic E-state index is 12.8. The molecule has 0 saturated carbocycles. The fourth-order valence-electron chi connectivity index (χ4n) is 3.74. The number of amides is 2. The monoisotopic (exact) mass is 452 g/mol. The van der Waals surface area contributed by atoms with Crippen LogP contribution >= 0.6 is 0 Å². The van der Waals surface area contributed by atoms with Crippen LogP contribution in [0.4, 0.5) is 5.69 Å². The molecule has 1 fully saturated rings. The van der Waals surface area contributed by atoms with E-state index in [1.165, 1.54) is 7.11 Å². The summed E-state index contributed by atoms with van der Waals surface area (Å²) in [6.45, 7) is 4.89. The van der Waals surface area contributed by atoms with Gasteiger partial charge in [0.15, 0.2) is 0 Å². The summed E-state index contributed by atoms with van der Waals surface area (Å²) in [5.41, 5.74) is 1.72. The molecule has 0 radical (unpaired) electrons. The average molecular weight is 453 g/mol. The largest absolute Gasteiger partial charge is 0.494 e. The smallest absolute Gasteiger partial charge is 0.274 e. The molecule has 10 heteroatoms. The van der Waals surface area contributed by atoms with Gasteiger partial charge in [-0.15, -0.1) is 0 Å². The number of aliphatic hydroxyl groups excluding tert-OH is 1. The molecule has 2 amide bonds. The number of carbonyl (C=O) groups is 2. The number of ether oxygens (including phenoxy) is 1. The Morgan fingerprint density at radius 3 is 2.67 bits per heavy atom. The third-order valence-electron chi connectivity index (χ3n) is 5.71. The molecule has 10 nitrogen and oxygen atoms in total. The van der Waals surface area contributed by atoms with Crippen molar-refractivity contribution in [3.05, 3.63) is 47.9 Å². The van der Waals surface area contributed by atoms with Crippen LogP contribution in [0.15, 0.2) is 36.5 Å². The number of pyridine rings is 1. The molecule has 1 atom stereocenters. The SMILES string of the molecule is COc1cc2nn(CC(=O)N3CCN(C)CC3)cc2cc1NC(=O)c1cccc(C(C)O)n1. The quantitative estimate of drug-likeness (QED) is 0.583. The first kappa shape index (κ1) is 22.7. The molecule has 1 unspecified atom stereocenters. The van der Waals surface area contributed by atoms with Crippen molar-refractivity contribution in [2.45, 2.75) is 19.6 Å².